The lowest BCUT2D eigenvalue weighted by molar-refractivity contribution is 0.0917. The Labute approximate surface area is 84.3 Å². The Hall–Kier alpha value is -1.31. The topological polar surface area (TPSA) is 29.1 Å². The van der Waals surface area contributed by atoms with E-state index in [1.54, 1.807) is 0 Å². The summed E-state index contributed by atoms with van der Waals surface area (Å²) in [6.45, 7) is 2.00. The lowest BCUT2D eigenvalue weighted by atomic mass is 9.93. The SMILES string of the molecule is Cc1cccc(C(=O)NC2CCC2)c1. The number of rotatable bonds is 2. The molecule has 0 saturated heterocycles. The molecule has 1 aromatic carbocycles. The van der Waals surface area contributed by atoms with Crippen LogP contribution in [0.1, 0.15) is 35.2 Å². The van der Waals surface area contributed by atoms with Crippen molar-refractivity contribution in [2.75, 3.05) is 0 Å². The summed E-state index contributed by atoms with van der Waals surface area (Å²) in [5.74, 6) is 0.0680. The summed E-state index contributed by atoms with van der Waals surface area (Å²) < 4.78 is 0. The average Bonchev–Trinajstić information content (AvgIpc) is 2.11. The van der Waals surface area contributed by atoms with Crippen molar-refractivity contribution in [3.63, 3.8) is 0 Å². The van der Waals surface area contributed by atoms with Crippen molar-refractivity contribution in [2.45, 2.75) is 32.2 Å². The third kappa shape index (κ3) is 1.95. The predicted molar refractivity (Wildman–Crippen MR) is 56.3 cm³/mol. The third-order valence-electron chi connectivity index (χ3n) is 2.72. The average molecular weight is 189 g/mol. The van der Waals surface area contributed by atoms with Crippen LogP contribution in [0.25, 0.3) is 0 Å². The Morgan fingerprint density at radius 1 is 1.43 bits per heavy atom. The van der Waals surface area contributed by atoms with Gasteiger partial charge in [-0.2, -0.15) is 0 Å². The van der Waals surface area contributed by atoms with Gasteiger partial charge in [0.15, 0.2) is 0 Å². The monoisotopic (exact) mass is 189 g/mol. The molecule has 1 saturated carbocycles. The van der Waals surface area contributed by atoms with E-state index in [0.29, 0.717) is 6.04 Å². The summed E-state index contributed by atoms with van der Waals surface area (Å²) in [4.78, 5) is 11.7. The quantitative estimate of drug-likeness (QED) is 0.759. The molecule has 1 fully saturated rings. The van der Waals surface area contributed by atoms with Gasteiger partial charge in [0, 0.05) is 11.6 Å². The molecule has 1 amide bonds. The minimum absolute atomic E-state index is 0.0680. The summed E-state index contributed by atoms with van der Waals surface area (Å²) in [5, 5.41) is 3.02. The van der Waals surface area contributed by atoms with Gasteiger partial charge < -0.3 is 5.32 Å². The zero-order valence-electron chi connectivity index (χ0n) is 8.42. The van der Waals surface area contributed by atoms with E-state index < -0.39 is 0 Å². The van der Waals surface area contributed by atoms with Crippen molar-refractivity contribution >= 4 is 5.91 Å². The number of nitrogens with one attached hydrogen (secondary N) is 1. The first kappa shape index (κ1) is 9.25. The second-order valence-electron chi connectivity index (χ2n) is 3.97. The van der Waals surface area contributed by atoms with E-state index in [1.165, 1.54) is 6.42 Å². The van der Waals surface area contributed by atoms with Gasteiger partial charge >= 0.3 is 0 Å². The molecule has 0 bridgehead atoms. The van der Waals surface area contributed by atoms with Gasteiger partial charge in [0.05, 0.1) is 0 Å². The lowest BCUT2D eigenvalue weighted by Crippen LogP contribution is -2.39. The van der Waals surface area contributed by atoms with Gasteiger partial charge in [-0.3, -0.25) is 4.79 Å². The lowest BCUT2D eigenvalue weighted by Gasteiger charge is -2.26. The molecular weight excluding hydrogens is 174 g/mol. The fraction of sp³-hybridized carbons (Fsp3) is 0.417. The standard InChI is InChI=1S/C12H15NO/c1-9-4-2-5-10(8-9)12(14)13-11-6-3-7-11/h2,4-5,8,11H,3,6-7H2,1H3,(H,13,14). The molecule has 0 spiro atoms. The predicted octanol–water partition coefficient (Wildman–Crippen LogP) is 2.28. The number of carbonyl (C=O) groups is 1. The number of amides is 1. The van der Waals surface area contributed by atoms with Crippen LogP contribution in [0.2, 0.25) is 0 Å². The Bertz CT molecular complexity index is 342. The van der Waals surface area contributed by atoms with Crippen molar-refractivity contribution in [3.8, 4) is 0 Å². The molecule has 2 rings (SSSR count). The molecule has 14 heavy (non-hydrogen) atoms. The first-order chi connectivity index (χ1) is 6.75. The number of aryl methyl sites for hydroxylation is 1. The molecule has 74 valence electrons. The fourth-order valence-electron chi connectivity index (χ4n) is 1.61. The van der Waals surface area contributed by atoms with E-state index in [9.17, 15) is 4.79 Å². The van der Waals surface area contributed by atoms with Crippen LogP contribution >= 0.6 is 0 Å². The highest BCUT2D eigenvalue weighted by Crippen LogP contribution is 2.18. The molecule has 0 aliphatic heterocycles. The maximum atomic E-state index is 11.7. The van der Waals surface area contributed by atoms with E-state index in [2.05, 4.69) is 5.32 Å². The minimum atomic E-state index is 0.0680. The van der Waals surface area contributed by atoms with Crippen LogP contribution in [0.3, 0.4) is 0 Å². The molecule has 1 aromatic rings. The molecule has 0 radical (unpaired) electrons. The number of hydrogen-bond acceptors (Lipinski definition) is 1. The van der Waals surface area contributed by atoms with Gasteiger partial charge in [-0.05, 0) is 38.3 Å². The van der Waals surface area contributed by atoms with E-state index in [1.807, 2.05) is 31.2 Å². The van der Waals surface area contributed by atoms with Crippen LogP contribution in [-0.4, -0.2) is 11.9 Å². The van der Waals surface area contributed by atoms with E-state index in [0.717, 1.165) is 24.0 Å². The zero-order valence-corrected chi connectivity index (χ0v) is 8.42. The third-order valence-corrected chi connectivity index (χ3v) is 2.72. The molecule has 1 aliphatic carbocycles. The highest BCUT2D eigenvalue weighted by atomic mass is 16.1. The van der Waals surface area contributed by atoms with E-state index in [-0.39, 0.29) is 5.91 Å². The normalized spacial score (nSPS) is 16.1. The molecular formula is C12H15NO. The Morgan fingerprint density at radius 3 is 2.79 bits per heavy atom. The van der Waals surface area contributed by atoms with Crippen LogP contribution in [-0.2, 0) is 0 Å². The molecule has 1 N–H and O–H groups in total. The van der Waals surface area contributed by atoms with Crippen LogP contribution in [0.15, 0.2) is 24.3 Å². The summed E-state index contributed by atoms with van der Waals surface area (Å²) in [6.07, 6.45) is 3.52. The van der Waals surface area contributed by atoms with E-state index >= 15 is 0 Å². The van der Waals surface area contributed by atoms with Crippen molar-refractivity contribution in [1.82, 2.24) is 5.32 Å². The zero-order chi connectivity index (χ0) is 9.97. The molecule has 1 aliphatic rings. The first-order valence-electron chi connectivity index (χ1n) is 5.13. The second kappa shape index (κ2) is 3.82. The van der Waals surface area contributed by atoms with Gasteiger partial charge in [-0.15, -0.1) is 0 Å². The first-order valence-corrected chi connectivity index (χ1v) is 5.13. The molecule has 0 unspecified atom stereocenters. The van der Waals surface area contributed by atoms with Gasteiger partial charge in [-0.1, -0.05) is 17.7 Å². The van der Waals surface area contributed by atoms with Gasteiger partial charge in [0.25, 0.3) is 5.91 Å². The molecule has 0 atom stereocenters. The fourth-order valence-corrected chi connectivity index (χ4v) is 1.61. The molecule has 2 heteroatoms. The van der Waals surface area contributed by atoms with Crippen molar-refractivity contribution in [1.29, 1.82) is 0 Å². The summed E-state index contributed by atoms with van der Waals surface area (Å²) in [6, 6.07) is 8.13. The second-order valence-corrected chi connectivity index (χ2v) is 3.97. The molecule has 2 nitrogen and oxygen atoms in total. The van der Waals surface area contributed by atoms with E-state index in [4.69, 9.17) is 0 Å². The summed E-state index contributed by atoms with van der Waals surface area (Å²) in [5.41, 5.74) is 1.91. The minimum Gasteiger partial charge on any atom is -0.349 e. The van der Waals surface area contributed by atoms with Crippen molar-refractivity contribution in [2.24, 2.45) is 0 Å². The van der Waals surface area contributed by atoms with Gasteiger partial charge in [0.1, 0.15) is 0 Å². The Balaban J connectivity index is 2.02. The van der Waals surface area contributed by atoms with Gasteiger partial charge in [0.2, 0.25) is 0 Å². The number of carbonyl (C=O) groups excluding carboxylic acids is 1. The molecule has 0 aromatic heterocycles. The largest absolute Gasteiger partial charge is 0.349 e. The van der Waals surface area contributed by atoms with Crippen molar-refractivity contribution in [3.05, 3.63) is 35.4 Å². The van der Waals surface area contributed by atoms with Crippen LogP contribution in [0, 0.1) is 6.92 Å². The Kier molecular flexibility index (Phi) is 2.53. The van der Waals surface area contributed by atoms with Gasteiger partial charge in [-0.25, -0.2) is 0 Å². The maximum Gasteiger partial charge on any atom is 0.251 e. The Morgan fingerprint density at radius 2 is 2.21 bits per heavy atom. The summed E-state index contributed by atoms with van der Waals surface area (Å²) >= 11 is 0. The maximum absolute atomic E-state index is 11.7. The van der Waals surface area contributed by atoms with Crippen LogP contribution < -0.4 is 5.32 Å². The highest BCUT2D eigenvalue weighted by Gasteiger charge is 2.19. The number of benzene rings is 1. The van der Waals surface area contributed by atoms with Crippen molar-refractivity contribution < 1.29 is 4.79 Å². The van der Waals surface area contributed by atoms with Crippen LogP contribution in [0.5, 0.6) is 0 Å². The van der Waals surface area contributed by atoms with Crippen LogP contribution in [0.4, 0.5) is 0 Å². The smallest absolute Gasteiger partial charge is 0.251 e. The number of hydrogen-bond donors (Lipinski definition) is 1. The highest BCUT2D eigenvalue weighted by molar-refractivity contribution is 5.94. The molecule has 0 heterocycles. The summed E-state index contributed by atoms with van der Waals surface area (Å²) in [7, 11) is 0.